The average molecular weight is 332 g/mol. The maximum absolute atomic E-state index is 11.7. The van der Waals surface area contributed by atoms with Crippen molar-refractivity contribution in [2.24, 2.45) is 0 Å². The third kappa shape index (κ3) is 4.25. The van der Waals surface area contributed by atoms with Gasteiger partial charge in [0.1, 0.15) is 5.75 Å². The van der Waals surface area contributed by atoms with Crippen molar-refractivity contribution in [2.75, 3.05) is 0 Å². The summed E-state index contributed by atoms with van der Waals surface area (Å²) < 4.78 is 11.7. The fraction of sp³-hybridized carbons (Fsp3) is 0.550. The van der Waals surface area contributed by atoms with Crippen molar-refractivity contribution in [3.8, 4) is 5.75 Å². The molecular formula is C20H28O4. The van der Waals surface area contributed by atoms with Gasteiger partial charge in [-0.2, -0.15) is 0 Å². The van der Waals surface area contributed by atoms with Gasteiger partial charge in [0.15, 0.2) is 0 Å². The lowest BCUT2D eigenvalue weighted by molar-refractivity contribution is -0.158. The molecule has 0 saturated heterocycles. The van der Waals surface area contributed by atoms with Crippen LogP contribution < -0.4 is 4.74 Å². The molecule has 0 aromatic heterocycles. The van der Waals surface area contributed by atoms with Crippen molar-refractivity contribution >= 4 is 5.97 Å². The van der Waals surface area contributed by atoms with Gasteiger partial charge in [0.2, 0.25) is 0 Å². The van der Waals surface area contributed by atoms with Gasteiger partial charge in [-0.15, -0.1) is 0 Å². The van der Waals surface area contributed by atoms with E-state index in [0.717, 1.165) is 31.2 Å². The van der Waals surface area contributed by atoms with Gasteiger partial charge in [0, 0.05) is 5.57 Å². The Kier molecular flexibility index (Phi) is 5.51. The fourth-order valence-electron chi connectivity index (χ4n) is 2.94. The molecule has 24 heavy (non-hydrogen) atoms. The van der Waals surface area contributed by atoms with Crippen LogP contribution in [0.25, 0.3) is 0 Å². The molecule has 0 heterocycles. The Morgan fingerprint density at radius 3 is 2.50 bits per heavy atom. The highest BCUT2D eigenvalue weighted by molar-refractivity contribution is 5.88. The first-order valence-electron chi connectivity index (χ1n) is 8.52. The Hall–Kier alpha value is -1.65. The number of rotatable bonds is 6. The van der Waals surface area contributed by atoms with Crippen LogP contribution in [0.4, 0.5) is 0 Å². The van der Waals surface area contributed by atoms with E-state index in [1.165, 1.54) is 0 Å². The Morgan fingerprint density at radius 1 is 1.33 bits per heavy atom. The minimum Gasteiger partial charge on any atom is -0.423 e. The third-order valence-corrected chi connectivity index (χ3v) is 4.73. The molecule has 1 unspecified atom stereocenters. The molecule has 4 heteroatoms. The summed E-state index contributed by atoms with van der Waals surface area (Å²) in [6.45, 7) is 10.6. The maximum atomic E-state index is 11.7. The molecule has 0 amide bonds. The molecule has 0 aliphatic heterocycles. The summed E-state index contributed by atoms with van der Waals surface area (Å²) in [5.74, 6) is 0.0599. The summed E-state index contributed by atoms with van der Waals surface area (Å²) in [5.41, 5.74) is -0.00369. The van der Waals surface area contributed by atoms with E-state index in [1.54, 1.807) is 26.8 Å². The molecule has 132 valence electrons. The van der Waals surface area contributed by atoms with Gasteiger partial charge >= 0.3 is 5.97 Å². The highest BCUT2D eigenvalue weighted by Gasteiger charge is 2.41. The predicted molar refractivity (Wildman–Crippen MR) is 93.9 cm³/mol. The Balaban J connectivity index is 2.28. The molecule has 0 bridgehead atoms. The topological polar surface area (TPSA) is 55.8 Å². The largest absolute Gasteiger partial charge is 0.423 e. The zero-order valence-corrected chi connectivity index (χ0v) is 15.1. The van der Waals surface area contributed by atoms with Gasteiger partial charge in [-0.25, -0.2) is 4.79 Å². The number of aliphatic hydroxyl groups is 1. The molecule has 1 N–H and O–H groups in total. The first kappa shape index (κ1) is 18.7. The van der Waals surface area contributed by atoms with Gasteiger partial charge in [-0.05, 0) is 58.2 Å². The van der Waals surface area contributed by atoms with Crippen molar-refractivity contribution in [1.29, 1.82) is 0 Å². The smallest absolute Gasteiger partial charge is 0.338 e. The van der Waals surface area contributed by atoms with Gasteiger partial charge < -0.3 is 14.6 Å². The quantitative estimate of drug-likeness (QED) is 0.484. The Morgan fingerprint density at radius 2 is 1.96 bits per heavy atom. The summed E-state index contributed by atoms with van der Waals surface area (Å²) in [7, 11) is 0. The van der Waals surface area contributed by atoms with Crippen LogP contribution in [0.15, 0.2) is 36.4 Å². The molecule has 1 saturated carbocycles. The first-order valence-corrected chi connectivity index (χ1v) is 8.52. The van der Waals surface area contributed by atoms with Crippen LogP contribution in [0.2, 0.25) is 0 Å². The summed E-state index contributed by atoms with van der Waals surface area (Å²) >= 11 is 0. The van der Waals surface area contributed by atoms with E-state index in [2.05, 4.69) is 6.58 Å². The monoisotopic (exact) mass is 332 g/mol. The molecule has 0 radical (unpaired) electrons. The second-order valence-corrected chi connectivity index (χ2v) is 7.31. The minimum absolute atomic E-state index is 0.308. The average Bonchev–Trinajstić information content (AvgIpc) is 2.96. The zero-order chi connectivity index (χ0) is 18.0. The summed E-state index contributed by atoms with van der Waals surface area (Å²) in [5, 5.41) is 10.2. The summed E-state index contributed by atoms with van der Waals surface area (Å²) in [6.07, 6.45) is 3.64. The van der Waals surface area contributed by atoms with Crippen molar-refractivity contribution in [3.05, 3.63) is 42.0 Å². The normalized spacial score (nSPS) is 18.2. The van der Waals surface area contributed by atoms with Gasteiger partial charge in [-0.3, -0.25) is 0 Å². The first-order chi connectivity index (χ1) is 11.1. The molecule has 4 nitrogen and oxygen atoms in total. The van der Waals surface area contributed by atoms with E-state index in [9.17, 15) is 9.90 Å². The van der Waals surface area contributed by atoms with E-state index in [1.807, 2.05) is 25.1 Å². The predicted octanol–water partition coefficient (Wildman–Crippen LogP) is 4.11. The SMILES string of the molecule is C=C(C)C(=O)Oc1cccc(C2(OC(C)C(C)(C)O)CCCC2)c1. The molecule has 1 aliphatic carbocycles. The Labute approximate surface area is 144 Å². The van der Waals surface area contributed by atoms with E-state index < -0.39 is 17.2 Å². The summed E-state index contributed by atoms with van der Waals surface area (Å²) in [4.78, 5) is 11.7. The van der Waals surface area contributed by atoms with Gasteiger partial charge in [-0.1, -0.05) is 31.6 Å². The molecule has 1 fully saturated rings. The summed E-state index contributed by atoms with van der Waals surface area (Å²) in [6, 6.07) is 7.49. The number of carbonyl (C=O) groups is 1. The van der Waals surface area contributed by atoms with E-state index in [4.69, 9.17) is 9.47 Å². The van der Waals surface area contributed by atoms with Crippen LogP contribution in [0, 0.1) is 0 Å². The number of esters is 1. The van der Waals surface area contributed by atoms with Crippen molar-refractivity contribution in [2.45, 2.75) is 70.7 Å². The maximum Gasteiger partial charge on any atom is 0.338 e. The van der Waals surface area contributed by atoms with E-state index >= 15 is 0 Å². The van der Waals surface area contributed by atoms with Gasteiger partial charge in [0.05, 0.1) is 17.3 Å². The van der Waals surface area contributed by atoms with Crippen molar-refractivity contribution in [3.63, 3.8) is 0 Å². The molecule has 0 spiro atoms. The lowest BCUT2D eigenvalue weighted by atomic mass is 9.90. The number of hydrogen-bond donors (Lipinski definition) is 1. The van der Waals surface area contributed by atoms with Crippen LogP contribution in [-0.4, -0.2) is 22.8 Å². The minimum atomic E-state index is -0.917. The van der Waals surface area contributed by atoms with Crippen LogP contribution in [0.5, 0.6) is 5.75 Å². The molecule has 1 aromatic rings. The molecule has 1 aliphatic rings. The zero-order valence-electron chi connectivity index (χ0n) is 15.1. The van der Waals surface area contributed by atoms with Crippen LogP contribution >= 0.6 is 0 Å². The number of hydrogen-bond acceptors (Lipinski definition) is 4. The number of carbonyl (C=O) groups excluding carboxylic acids is 1. The van der Waals surface area contributed by atoms with E-state index in [0.29, 0.717) is 11.3 Å². The van der Waals surface area contributed by atoms with Crippen LogP contribution in [0.3, 0.4) is 0 Å². The van der Waals surface area contributed by atoms with Crippen LogP contribution in [0.1, 0.15) is 58.9 Å². The number of ether oxygens (including phenoxy) is 2. The molecular weight excluding hydrogens is 304 g/mol. The third-order valence-electron chi connectivity index (χ3n) is 4.73. The number of benzene rings is 1. The van der Waals surface area contributed by atoms with Crippen molar-refractivity contribution in [1.82, 2.24) is 0 Å². The standard InChI is InChI=1S/C20H28O4/c1-14(2)18(21)23-17-10-8-9-16(13-17)20(11-6-7-12-20)24-15(3)19(4,5)22/h8-10,13,15,22H,1,6-7,11-12H2,2-5H3. The van der Waals surface area contributed by atoms with E-state index in [-0.39, 0.29) is 6.10 Å². The van der Waals surface area contributed by atoms with Crippen molar-refractivity contribution < 1.29 is 19.4 Å². The molecule has 2 rings (SSSR count). The fourth-order valence-corrected chi connectivity index (χ4v) is 2.94. The molecule has 1 atom stereocenters. The molecule has 1 aromatic carbocycles. The second-order valence-electron chi connectivity index (χ2n) is 7.31. The Bertz CT molecular complexity index is 606. The second kappa shape index (κ2) is 7.08. The highest BCUT2D eigenvalue weighted by atomic mass is 16.5. The highest BCUT2D eigenvalue weighted by Crippen LogP contribution is 2.44. The lowest BCUT2D eigenvalue weighted by Gasteiger charge is -2.37. The lowest BCUT2D eigenvalue weighted by Crippen LogP contribution is -2.42. The van der Waals surface area contributed by atoms with Gasteiger partial charge in [0.25, 0.3) is 0 Å². The van der Waals surface area contributed by atoms with Crippen LogP contribution in [-0.2, 0) is 15.1 Å².